The molecule has 176 valence electrons. The number of rotatable bonds is 7. The highest BCUT2D eigenvalue weighted by molar-refractivity contribution is 7.87. The third-order valence-electron chi connectivity index (χ3n) is 5.62. The van der Waals surface area contributed by atoms with E-state index in [-0.39, 0.29) is 21.8 Å². The van der Waals surface area contributed by atoms with Crippen LogP contribution in [0.2, 0.25) is 0 Å². The quantitative estimate of drug-likeness (QED) is 0.355. The highest BCUT2D eigenvalue weighted by atomic mass is 32.2. The van der Waals surface area contributed by atoms with Gasteiger partial charge in [-0.3, -0.25) is 4.79 Å². The molecule has 0 saturated carbocycles. The second-order valence-electron chi connectivity index (χ2n) is 7.72. The van der Waals surface area contributed by atoms with Crippen LogP contribution in [0.4, 0.5) is 0 Å². The summed E-state index contributed by atoms with van der Waals surface area (Å²) < 4.78 is 44.4. The van der Waals surface area contributed by atoms with E-state index in [0.717, 1.165) is 5.56 Å². The molecule has 0 aliphatic rings. The lowest BCUT2D eigenvalue weighted by Gasteiger charge is -2.18. The zero-order valence-corrected chi connectivity index (χ0v) is 20.2. The number of benzene rings is 3. The maximum Gasteiger partial charge on any atom is 0.339 e. The minimum atomic E-state index is -4.22. The molecule has 0 atom stereocenters. The molecule has 0 amide bonds. The van der Waals surface area contributed by atoms with Gasteiger partial charge in [0.2, 0.25) is 0 Å². The number of methoxy groups -OCH3 is 2. The van der Waals surface area contributed by atoms with Gasteiger partial charge in [0, 0.05) is 18.0 Å². The number of nitrogens with zero attached hydrogens (tertiary/aromatic N) is 1. The molecule has 0 spiro atoms. The number of fused-ring (bicyclic) bond motifs is 1. The van der Waals surface area contributed by atoms with Crippen LogP contribution < -0.4 is 19.2 Å². The molecule has 34 heavy (non-hydrogen) atoms. The maximum atomic E-state index is 13.7. The molecule has 1 heterocycles. The molecule has 0 N–H and O–H groups in total. The lowest BCUT2D eigenvalue weighted by Crippen LogP contribution is -2.24. The van der Waals surface area contributed by atoms with Crippen molar-refractivity contribution in [2.45, 2.75) is 25.3 Å². The minimum Gasteiger partial charge on any atom is -0.497 e. The lowest BCUT2D eigenvalue weighted by molar-refractivity contribution is 0.414. The molecule has 0 unspecified atom stereocenters. The predicted octanol–water partition coefficient (Wildman–Crippen LogP) is 4.78. The fraction of sp³-hybridized carbons (Fsp3) is 0.192. The van der Waals surface area contributed by atoms with E-state index in [1.165, 1.54) is 19.2 Å². The Morgan fingerprint density at radius 3 is 2.06 bits per heavy atom. The summed E-state index contributed by atoms with van der Waals surface area (Å²) in [5.74, 6) is 1.12. The van der Waals surface area contributed by atoms with E-state index in [2.05, 4.69) is 0 Å². The average molecular weight is 480 g/mol. The van der Waals surface area contributed by atoms with E-state index in [1.807, 2.05) is 13.8 Å². The Hall–Kier alpha value is -3.78. The number of pyridine rings is 1. The van der Waals surface area contributed by atoms with Crippen molar-refractivity contribution in [3.8, 4) is 28.4 Å². The summed E-state index contributed by atoms with van der Waals surface area (Å²) in [4.78, 5) is 13.7. The van der Waals surface area contributed by atoms with Crippen LogP contribution in [0.15, 0.2) is 76.4 Å². The summed E-state index contributed by atoms with van der Waals surface area (Å²) in [7, 11) is -1.15. The van der Waals surface area contributed by atoms with E-state index in [4.69, 9.17) is 13.7 Å². The number of aromatic nitrogens is 1. The van der Waals surface area contributed by atoms with E-state index in [9.17, 15) is 13.2 Å². The molecule has 0 aliphatic carbocycles. The monoisotopic (exact) mass is 479 g/mol. The van der Waals surface area contributed by atoms with Crippen molar-refractivity contribution >= 4 is 21.0 Å². The van der Waals surface area contributed by atoms with Crippen molar-refractivity contribution in [2.24, 2.45) is 0 Å². The smallest absolute Gasteiger partial charge is 0.339 e. The third kappa shape index (κ3) is 4.24. The molecule has 4 rings (SSSR count). The number of aryl methyl sites for hydroxylation is 2. The Bertz CT molecular complexity index is 1500. The van der Waals surface area contributed by atoms with Crippen molar-refractivity contribution in [1.29, 1.82) is 0 Å². The van der Waals surface area contributed by atoms with Gasteiger partial charge in [0.05, 0.1) is 25.3 Å². The highest BCUT2D eigenvalue weighted by Gasteiger charge is 2.25. The summed E-state index contributed by atoms with van der Waals surface area (Å²) in [5, 5.41) is 0.476. The van der Waals surface area contributed by atoms with Crippen LogP contribution in [-0.4, -0.2) is 27.2 Å². The molecule has 7 nitrogen and oxygen atoms in total. The Morgan fingerprint density at radius 1 is 0.853 bits per heavy atom. The first-order valence-electron chi connectivity index (χ1n) is 10.7. The van der Waals surface area contributed by atoms with Crippen LogP contribution in [-0.2, 0) is 16.7 Å². The van der Waals surface area contributed by atoms with E-state index in [1.54, 1.807) is 66.3 Å². The first kappa shape index (κ1) is 23.4. The average Bonchev–Trinajstić information content (AvgIpc) is 2.84. The van der Waals surface area contributed by atoms with Crippen LogP contribution in [0.3, 0.4) is 0 Å². The normalized spacial score (nSPS) is 11.4. The molecular weight excluding hydrogens is 454 g/mol. The fourth-order valence-corrected chi connectivity index (χ4v) is 4.76. The van der Waals surface area contributed by atoms with Crippen LogP contribution in [0.25, 0.3) is 22.0 Å². The van der Waals surface area contributed by atoms with Crippen molar-refractivity contribution in [2.75, 3.05) is 14.2 Å². The summed E-state index contributed by atoms with van der Waals surface area (Å²) in [6.07, 6.45) is 0. The van der Waals surface area contributed by atoms with Gasteiger partial charge in [-0.2, -0.15) is 8.42 Å². The second kappa shape index (κ2) is 9.23. The molecule has 4 aromatic rings. The number of ether oxygens (including phenoxy) is 2. The van der Waals surface area contributed by atoms with Gasteiger partial charge in [-0.25, -0.2) is 0 Å². The molecule has 0 saturated heterocycles. The third-order valence-corrected chi connectivity index (χ3v) is 6.86. The van der Waals surface area contributed by atoms with Gasteiger partial charge < -0.3 is 18.2 Å². The standard InChI is InChI=1S/C26H25NO6S/c1-5-27-23-16-20(32-4)12-15-22(23)25(33-34(29,30)21-13-6-17(2)7-14-21)24(26(27)28)18-8-10-19(31-3)11-9-18/h6-16H,5H2,1-4H3. The maximum absolute atomic E-state index is 13.7. The Kier molecular flexibility index (Phi) is 6.34. The van der Waals surface area contributed by atoms with Crippen molar-refractivity contribution in [3.63, 3.8) is 0 Å². The predicted molar refractivity (Wildman–Crippen MR) is 131 cm³/mol. The largest absolute Gasteiger partial charge is 0.497 e. The zero-order chi connectivity index (χ0) is 24.5. The first-order valence-corrected chi connectivity index (χ1v) is 12.1. The minimum absolute atomic E-state index is 0.000104. The molecule has 0 radical (unpaired) electrons. The van der Waals surface area contributed by atoms with E-state index in [0.29, 0.717) is 34.5 Å². The van der Waals surface area contributed by atoms with Gasteiger partial charge in [0.25, 0.3) is 5.56 Å². The lowest BCUT2D eigenvalue weighted by atomic mass is 10.0. The molecule has 0 aliphatic heterocycles. The van der Waals surface area contributed by atoms with Gasteiger partial charge in [-0.05, 0) is 55.8 Å². The number of hydrogen-bond acceptors (Lipinski definition) is 6. The fourth-order valence-electron chi connectivity index (χ4n) is 3.81. The van der Waals surface area contributed by atoms with Crippen LogP contribution >= 0.6 is 0 Å². The first-order chi connectivity index (χ1) is 16.3. The summed E-state index contributed by atoms with van der Waals surface area (Å²) in [5.41, 5.74) is 1.72. The van der Waals surface area contributed by atoms with Crippen molar-refractivity contribution < 1.29 is 22.1 Å². The topological polar surface area (TPSA) is 83.8 Å². The Morgan fingerprint density at radius 2 is 1.47 bits per heavy atom. The van der Waals surface area contributed by atoms with Gasteiger partial charge >= 0.3 is 10.1 Å². The van der Waals surface area contributed by atoms with Gasteiger partial charge in [0.15, 0.2) is 5.75 Å². The van der Waals surface area contributed by atoms with Crippen LogP contribution in [0, 0.1) is 6.92 Å². The van der Waals surface area contributed by atoms with Crippen molar-refractivity contribution in [1.82, 2.24) is 4.57 Å². The summed E-state index contributed by atoms with van der Waals surface area (Å²) in [6, 6.07) is 18.3. The summed E-state index contributed by atoms with van der Waals surface area (Å²) >= 11 is 0. The highest BCUT2D eigenvalue weighted by Crippen LogP contribution is 2.38. The Balaban J connectivity index is 2.04. The molecule has 8 heteroatoms. The van der Waals surface area contributed by atoms with E-state index < -0.39 is 10.1 Å². The summed E-state index contributed by atoms with van der Waals surface area (Å²) in [6.45, 7) is 4.09. The molecular formula is C26H25NO6S. The molecule has 0 bridgehead atoms. The zero-order valence-electron chi connectivity index (χ0n) is 19.4. The second-order valence-corrected chi connectivity index (χ2v) is 9.26. The van der Waals surface area contributed by atoms with Gasteiger partial charge in [-0.15, -0.1) is 0 Å². The Labute approximate surface area is 198 Å². The van der Waals surface area contributed by atoms with Gasteiger partial charge in [-0.1, -0.05) is 29.8 Å². The SMILES string of the molecule is CCn1c(=O)c(-c2ccc(OC)cc2)c(OS(=O)(=O)c2ccc(C)cc2)c2ccc(OC)cc21. The number of hydrogen-bond donors (Lipinski definition) is 0. The molecule has 1 aromatic heterocycles. The van der Waals surface area contributed by atoms with Gasteiger partial charge in [0.1, 0.15) is 16.4 Å². The van der Waals surface area contributed by atoms with Crippen LogP contribution in [0.5, 0.6) is 17.2 Å². The van der Waals surface area contributed by atoms with Crippen molar-refractivity contribution in [3.05, 3.63) is 82.6 Å². The van der Waals surface area contributed by atoms with E-state index >= 15 is 0 Å². The molecule has 0 fully saturated rings. The van der Waals surface area contributed by atoms with Crippen LogP contribution in [0.1, 0.15) is 12.5 Å². The molecule has 3 aromatic carbocycles.